The molecule has 1 aromatic carbocycles. The van der Waals surface area contributed by atoms with E-state index in [1.807, 2.05) is 6.07 Å². The van der Waals surface area contributed by atoms with Crippen LogP contribution in [0.1, 0.15) is 18.2 Å². The van der Waals surface area contributed by atoms with Crippen molar-refractivity contribution >= 4 is 39.1 Å². The summed E-state index contributed by atoms with van der Waals surface area (Å²) in [5, 5.41) is 8.05. The third-order valence-electron chi connectivity index (χ3n) is 1.89. The molecule has 1 atom stereocenters. The molecule has 0 aliphatic heterocycles. The van der Waals surface area contributed by atoms with Crippen molar-refractivity contribution in [2.75, 3.05) is 0 Å². The minimum Gasteiger partial charge on any atom is -0.419 e. The molecule has 3 nitrogen and oxygen atoms in total. The zero-order chi connectivity index (χ0) is 11.7. The van der Waals surface area contributed by atoms with Crippen LogP contribution in [0, 0.1) is 0 Å². The third kappa shape index (κ3) is 2.56. The highest BCUT2D eigenvalue weighted by atomic mass is 79.9. The summed E-state index contributed by atoms with van der Waals surface area (Å²) in [4.78, 5) is 0. The summed E-state index contributed by atoms with van der Waals surface area (Å²) in [6.07, 6.45) is 0. The highest BCUT2D eigenvalue weighted by Gasteiger charge is 2.13. The van der Waals surface area contributed by atoms with Gasteiger partial charge in [-0.3, -0.25) is 0 Å². The fourth-order valence-electron chi connectivity index (χ4n) is 1.19. The molecule has 0 N–H and O–H groups in total. The summed E-state index contributed by atoms with van der Waals surface area (Å²) in [6.45, 7) is 1.77. The molecule has 6 heteroatoms. The molecule has 0 radical (unpaired) electrons. The summed E-state index contributed by atoms with van der Waals surface area (Å²) in [7, 11) is 0. The zero-order valence-electron chi connectivity index (χ0n) is 8.25. The van der Waals surface area contributed by atoms with Crippen molar-refractivity contribution in [2.45, 2.75) is 12.3 Å². The summed E-state index contributed by atoms with van der Waals surface area (Å²) >= 11 is 15.1. The van der Waals surface area contributed by atoms with Crippen LogP contribution in [0.25, 0.3) is 11.5 Å². The molecule has 0 amide bonds. The van der Waals surface area contributed by atoms with E-state index in [1.165, 1.54) is 0 Å². The van der Waals surface area contributed by atoms with Crippen LogP contribution in [0.4, 0.5) is 0 Å². The maximum absolute atomic E-state index is 5.92. The van der Waals surface area contributed by atoms with Gasteiger partial charge < -0.3 is 4.42 Å². The van der Waals surface area contributed by atoms with Gasteiger partial charge in [-0.2, -0.15) is 0 Å². The first kappa shape index (κ1) is 11.9. The lowest BCUT2D eigenvalue weighted by Crippen LogP contribution is -1.81. The van der Waals surface area contributed by atoms with Gasteiger partial charge in [0.1, 0.15) is 5.38 Å². The van der Waals surface area contributed by atoms with Gasteiger partial charge in [0.25, 0.3) is 0 Å². The van der Waals surface area contributed by atoms with E-state index in [-0.39, 0.29) is 5.38 Å². The third-order valence-corrected chi connectivity index (χ3v) is 2.75. The van der Waals surface area contributed by atoms with E-state index in [4.69, 9.17) is 27.6 Å². The highest BCUT2D eigenvalue weighted by Crippen LogP contribution is 2.28. The molecule has 16 heavy (non-hydrogen) atoms. The van der Waals surface area contributed by atoms with Crippen molar-refractivity contribution in [1.82, 2.24) is 10.2 Å². The van der Waals surface area contributed by atoms with Gasteiger partial charge in [-0.15, -0.1) is 21.8 Å². The average molecular weight is 322 g/mol. The van der Waals surface area contributed by atoms with Crippen LogP contribution in [-0.4, -0.2) is 10.2 Å². The Balaban J connectivity index is 2.42. The molecule has 84 valence electrons. The SMILES string of the molecule is CC(Cl)c1nnc(-c2cc(Cl)cc(Br)c2)o1. The first-order chi connectivity index (χ1) is 7.56. The van der Waals surface area contributed by atoms with Gasteiger partial charge in [0.15, 0.2) is 0 Å². The van der Waals surface area contributed by atoms with Gasteiger partial charge in [-0.25, -0.2) is 0 Å². The first-order valence-electron chi connectivity index (χ1n) is 4.50. The molecule has 2 aromatic rings. The standard InChI is InChI=1S/C10H7BrCl2N2O/c1-5(12)9-14-15-10(16-9)6-2-7(11)4-8(13)3-6/h2-5H,1H3. The Morgan fingerprint density at radius 3 is 2.62 bits per heavy atom. The number of halogens is 3. The fourth-order valence-corrected chi connectivity index (χ4v) is 2.14. The molecule has 0 spiro atoms. The van der Waals surface area contributed by atoms with Crippen LogP contribution in [0.5, 0.6) is 0 Å². The zero-order valence-corrected chi connectivity index (χ0v) is 11.3. The maximum Gasteiger partial charge on any atom is 0.247 e. The highest BCUT2D eigenvalue weighted by molar-refractivity contribution is 9.10. The summed E-state index contributed by atoms with van der Waals surface area (Å²) < 4.78 is 6.26. The van der Waals surface area contributed by atoms with Crippen molar-refractivity contribution in [3.63, 3.8) is 0 Å². The van der Waals surface area contributed by atoms with Crippen molar-refractivity contribution in [3.8, 4) is 11.5 Å². The number of rotatable bonds is 2. The molecule has 0 aliphatic rings. The van der Waals surface area contributed by atoms with Crippen LogP contribution in [0.15, 0.2) is 27.1 Å². The fraction of sp³-hybridized carbons (Fsp3) is 0.200. The predicted molar refractivity (Wildman–Crippen MR) is 66.7 cm³/mol. The van der Waals surface area contributed by atoms with Gasteiger partial charge in [0.2, 0.25) is 11.8 Å². The number of aromatic nitrogens is 2. The molecule has 2 rings (SSSR count). The maximum atomic E-state index is 5.92. The molecule has 0 aliphatic carbocycles. The molecule has 1 heterocycles. The summed E-state index contributed by atoms with van der Waals surface area (Å²) in [6, 6.07) is 5.39. The molecule has 0 bridgehead atoms. The largest absolute Gasteiger partial charge is 0.419 e. The van der Waals surface area contributed by atoms with Crippen molar-refractivity contribution in [3.05, 3.63) is 33.6 Å². The van der Waals surface area contributed by atoms with Gasteiger partial charge in [0, 0.05) is 15.1 Å². The Labute approximate surface area is 111 Å². The summed E-state index contributed by atoms with van der Waals surface area (Å²) in [5.41, 5.74) is 0.760. The first-order valence-corrected chi connectivity index (χ1v) is 6.11. The molecular formula is C10H7BrCl2N2O. The monoisotopic (exact) mass is 320 g/mol. The molecule has 1 aromatic heterocycles. The van der Waals surface area contributed by atoms with Crippen LogP contribution in [0.3, 0.4) is 0 Å². The second-order valence-corrected chi connectivity index (χ2v) is 5.23. The van der Waals surface area contributed by atoms with Crippen molar-refractivity contribution < 1.29 is 4.42 Å². The number of hydrogen-bond acceptors (Lipinski definition) is 3. The number of alkyl halides is 1. The van der Waals surface area contributed by atoms with Crippen LogP contribution in [0.2, 0.25) is 5.02 Å². The molecule has 0 saturated heterocycles. The van der Waals surface area contributed by atoms with Crippen molar-refractivity contribution in [1.29, 1.82) is 0 Å². The van der Waals surface area contributed by atoms with E-state index in [9.17, 15) is 0 Å². The molecular weight excluding hydrogens is 315 g/mol. The minimum atomic E-state index is -0.302. The Morgan fingerprint density at radius 1 is 1.31 bits per heavy atom. The predicted octanol–water partition coefficient (Wildman–Crippen LogP) is 4.45. The van der Waals surface area contributed by atoms with Gasteiger partial charge in [0.05, 0.1) is 0 Å². The molecule has 0 saturated carbocycles. The Bertz CT molecular complexity index is 493. The van der Waals surface area contributed by atoms with Gasteiger partial charge in [-0.05, 0) is 25.1 Å². The van der Waals surface area contributed by atoms with E-state index < -0.39 is 0 Å². The number of hydrogen-bond donors (Lipinski definition) is 0. The average Bonchev–Trinajstić information content (AvgIpc) is 2.64. The lowest BCUT2D eigenvalue weighted by atomic mass is 10.2. The van der Waals surface area contributed by atoms with Crippen LogP contribution in [-0.2, 0) is 0 Å². The normalized spacial score (nSPS) is 12.8. The minimum absolute atomic E-state index is 0.302. The van der Waals surface area contributed by atoms with E-state index in [0.29, 0.717) is 16.8 Å². The quantitative estimate of drug-likeness (QED) is 0.767. The smallest absolute Gasteiger partial charge is 0.247 e. The summed E-state index contributed by atoms with van der Waals surface area (Å²) in [5.74, 6) is 0.804. The Hall–Kier alpha value is -0.580. The second-order valence-electron chi connectivity index (χ2n) is 3.22. The van der Waals surface area contributed by atoms with Crippen molar-refractivity contribution in [2.24, 2.45) is 0 Å². The van der Waals surface area contributed by atoms with E-state index in [0.717, 1.165) is 10.0 Å². The van der Waals surface area contributed by atoms with E-state index >= 15 is 0 Å². The van der Waals surface area contributed by atoms with Crippen LogP contribution >= 0.6 is 39.1 Å². The lowest BCUT2D eigenvalue weighted by molar-refractivity contribution is 0.507. The van der Waals surface area contributed by atoms with E-state index in [2.05, 4.69) is 26.1 Å². The van der Waals surface area contributed by atoms with Gasteiger partial charge >= 0.3 is 0 Å². The number of benzene rings is 1. The number of nitrogens with zero attached hydrogens (tertiary/aromatic N) is 2. The molecule has 1 unspecified atom stereocenters. The lowest BCUT2D eigenvalue weighted by Gasteiger charge is -1.98. The van der Waals surface area contributed by atoms with Gasteiger partial charge in [-0.1, -0.05) is 27.5 Å². The topological polar surface area (TPSA) is 38.9 Å². The van der Waals surface area contributed by atoms with Crippen LogP contribution < -0.4 is 0 Å². The van der Waals surface area contributed by atoms with E-state index in [1.54, 1.807) is 19.1 Å². The Kier molecular flexibility index (Phi) is 3.52. The molecule has 0 fully saturated rings. The second kappa shape index (κ2) is 4.73. The Morgan fingerprint density at radius 2 is 2.06 bits per heavy atom.